The van der Waals surface area contributed by atoms with E-state index in [-0.39, 0.29) is 5.91 Å². The lowest BCUT2D eigenvalue weighted by atomic mass is 9.92. The van der Waals surface area contributed by atoms with Gasteiger partial charge in [-0.25, -0.2) is 15.6 Å². The number of amides is 1. The van der Waals surface area contributed by atoms with Crippen LogP contribution in [0.25, 0.3) is 0 Å². The molecule has 21 heavy (non-hydrogen) atoms. The Morgan fingerprint density at radius 3 is 2.86 bits per heavy atom. The van der Waals surface area contributed by atoms with Crippen molar-refractivity contribution < 1.29 is 14.3 Å². The van der Waals surface area contributed by atoms with Gasteiger partial charge in [-0.2, -0.15) is 0 Å². The fourth-order valence-corrected chi connectivity index (χ4v) is 3.90. The van der Waals surface area contributed by atoms with E-state index in [2.05, 4.69) is 20.9 Å². The molecule has 1 amide bonds. The molecular formula is C12H17BrN4O3S. The molecule has 1 unspecified atom stereocenters. The zero-order valence-corrected chi connectivity index (χ0v) is 14.2. The van der Waals surface area contributed by atoms with Crippen molar-refractivity contribution >= 4 is 39.1 Å². The third-order valence-electron chi connectivity index (χ3n) is 3.50. The summed E-state index contributed by atoms with van der Waals surface area (Å²) in [5.41, 5.74) is -1.26. The molecule has 0 saturated carbocycles. The monoisotopic (exact) mass is 376 g/mol. The predicted molar refractivity (Wildman–Crippen MR) is 80.8 cm³/mol. The second-order valence-corrected chi connectivity index (χ2v) is 6.32. The number of nitrogens with zero attached hydrogens (tertiary/aromatic N) is 3. The van der Waals surface area contributed by atoms with Crippen LogP contribution in [0.2, 0.25) is 0 Å². The van der Waals surface area contributed by atoms with Crippen molar-refractivity contribution in [2.45, 2.75) is 31.7 Å². The normalized spacial score (nSPS) is 23.1. The Labute approximate surface area is 135 Å². The van der Waals surface area contributed by atoms with Gasteiger partial charge in [-0.15, -0.1) is 16.5 Å². The van der Waals surface area contributed by atoms with Crippen molar-refractivity contribution in [1.82, 2.24) is 15.1 Å². The Balaban J connectivity index is 2.49. The summed E-state index contributed by atoms with van der Waals surface area (Å²) in [5, 5.41) is 4.88. The maximum absolute atomic E-state index is 12.4. The molecule has 1 fully saturated rings. The Bertz CT molecular complexity index is 552. The number of hydrogen-bond acceptors (Lipinski definition) is 7. The largest absolute Gasteiger partial charge is 0.467 e. The third kappa shape index (κ3) is 2.70. The van der Waals surface area contributed by atoms with E-state index in [1.165, 1.54) is 28.6 Å². The molecule has 1 aliphatic heterocycles. The number of hydrogen-bond donors (Lipinski definition) is 1. The molecule has 9 heteroatoms. The van der Waals surface area contributed by atoms with Crippen molar-refractivity contribution in [3.8, 4) is 0 Å². The molecule has 116 valence electrons. The number of thiazole rings is 1. The Morgan fingerprint density at radius 2 is 2.33 bits per heavy atom. The van der Waals surface area contributed by atoms with Crippen LogP contribution < -0.4 is 5.84 Å². The molecular weight excluding hydrogens is 360 g/mol. The molecule has 7 nitrogen and oxygen atoms in total. The van der Waals surface area contributed by atoms with Crippen LogP contribution in [-0.4, -0.2) is 40.6 Å². The van der Waals surface area contributed by atoms with Gasteiger partial charge < -0.3 is 4.74 Å². The zero-order valence-electron chi connectivity index (χ0n) is 11.8. The number of carbonyl (C=O) groups is 2. The van der Waals surface area contributed by atoms with E-state index in [4.69, 9.17) is 10.6 Å². The number of aromatic nitrogens is 1. The maximum Gasteiger partial charge on any atom is 0.336 e. The summed E-state index contributed by atoms with van der Waals surface area (Å²) >= 11 is 4.58. The summed E-state index contributed by atoms with van der Waals surface area (Å²) < 4.78 is 5.56. The summed E-state index contributed by atoms with van der Waals surface area (Å²) in [6.45, 7) is 2.24. The zero-order chi connectivity index (χ0) is 15.6. The third-order valence-corrected chi connectivity index (χ3v) is 5.21. The standard InChI is InChI=1S/C12H17BrN4O3S/c1-3-9(18)16-6-4-5-12(17(16)14,11(19)20-2)10-15-8(13)7-21-10/h7H,3-6,14H2,1-2H3. The maximum atomic E-state index is 12.4. The lowest BCUT2D eigenvalue weighted by Crippen LogP contribution is -2.67. The topological polar surface area (TPSA) is 88.8 Å². The van der Waals surface area contributed by atoms with E-state index >= 15 is 0 Å². The summed E-state index contributed by atoms with van der Waals surface area (Å²) in [6, 6.07) is 0. The molecule has 0 aliphatic carbocycles. The fourth-order valence-electron chi connectivity index (χ4n) is 2.44. The fraction of sp³-hybridized carbons (Fsp3) is 0.583. The number of nitrogens with two attached hydrogens (primary N) is 1. The van der Waals surface area contributed by atoms with Crippen molar-refractivity contribution in [2.24, 2.45) is 5.84 Å². The summed E-state index contributed by atoms with van der Waals surface area (Å²) in [5.74, 6) is 5.49. The van der Waals surface area contributed by atoms with Gasteiger partial charge in [-0.1, -0.05) is 6.92 Å². The van der Waals surface area contributed by atoms with E-state index in [0.717, 1.165) is 0 Å². The molecule has 0 radical (unpaired) electrons. The highest BCUT2D eigenvalue weighted by molar-refractivity contribution is 9.10. The van der Waals surface area contributed by atoms with Crippen LogP contribution in [0, 0.1) is 0 Å². The molecule has 2 heterocycles. The van der Waals surface area contributed by atoms with E-state index in [1.54, 1.807) is 12.3 Å². The number of esters is 1. The van der Waals surface area contributed by atoms with Gasteiger partial charge in [-0.3, -0.25) is 9.80 Å². The van der Waals surface area contributed by atoms with Crippen LogP contribution in [0.4, 0.5) is 0 Å². The van der Waals surface area contributed by atoms with Gasteiger partial charge in [0, 0.05) is 18.3 Å². The molecule has 2 N–H and O–H groups in total. The van der Waals surface area contributed by atoms with Crippen LogP contribution in [0.15, 0.2) is 9.98 Å². The van der Waals surface area contributed by atoms with Crippen LogP contribution in [-0.2, 0) is 19.9 Å². The van der Waals surface area contributed by atoms with Gasteiger partial charge in [0.05, 0.1) is 7.11 Å². The highest BCUT2D eigenvalue weighted by atomic mass is 79.9. The van der Waals surface area contributed by atoms with E-state index in [0.29, 0.717) is 35.4 Å². The molecule has 1 aromatic rings. The Morgan fingerprint density at radius 1 is 1.62 bits per heavy atom. The second-order valence-electron chi connectivity index (χ2n) is 4.65. The number of rotatable bonds is 3. The van der Waals surface area contributed by atoms with Gasteiger partial charge in [-0.05, 0) is 28.8 Å². The molecule has 1 aromatic heterocycles. The number of halogens is 1. The first-order chi connectivity index (χ1) is 9.97. The quantitative estimate of drug-likeness (QED) is 0.633. The summed E-state index contributed by atoms with van der Waals surface area (Å²) in [6.07, 6.45) is 1.40. The lowest BCUT2D eigenvalue weighted by molar-refractivity contribution is -0.195. The number of methoxy groups -OCH3 is 1. The summed E-state index contributed by atoms with van der Waals surface area (Å²) in [7, 11) is 1.31. The Kier molecular flexibility index (Phi) is 4.97. The van der Waals surface area contributed by atoms with Crippen molar-refractivity contribution in [1.29, 1.82) is 0 Å². The second kappa shape index (κ2) is 6.39. The Hall–Kier alpha value is -1.03. The SMILES string of the molecule is CCC(=O)N1CCCC(C(=O)OC)(c2nc(Br)cs2)N1N. The average molecular weight is 377 g/mol. The van der Waals surface area contributed by atoms with E-state index in [1.807, 2.05) is 0 Å². The molecule has 2 rings (SSSR count). The molecule has 1 aliphatic rings. The van der Waals surface area contributed by atoms with Gasteiger partial charge >= 0.3 is 5.97 Å². The first-order valence-corrected chi connectivity index (χ1v) is 8.19. The average Bonchev–Trinajstić information content (AvgIpc) is 2.93. The van der Waals surface area contributed by atoms with E-state index in [9.17, 15) is 9.59 Å². The van der Waals surface area contributed by atoms with Crippen LogP contribution in [0.5, 0.6) is 0 Å². The number of hydrazine groups is 2. The first-order valence-electron chi connectivity index (χ1n) is 6.52. The van der Waals surface area contributed by atoms with Crippen molar-refractivity contribution in [2.75, 3.05) is 13.7 Å². The minimum atomic E-state index is -1.26. The van der Waals surface area contributed by atoms with Gasteiger partial charge in [0.2, 0.25) is 11.4 Å². The van der Waals surface area contributed by atoms with Crippen molar-refractivity contribution in [3.05, 3.63) is 15.0 Å². The highest BCUT2D eigenvalue weighted by Gasteiger charge is 2.53. The number of carbonyl (C=O) groups excluding carboxylic acids is 2. The van der Waals surface area contributed by atoms with Crippen LogP contribution in [0.1, 0.15) is 31.2 Å². The highest BCUT2D eigenvalue weighted by Crippen LogP contribution is 2.39. The van der Waals surface area contributed by atoms with Crippen molar-refractivity contribution in [3.63, 3.8) is 0 Å². The molecule has 0 spiro atoms. The number of ether oxygens (including phenoxy) is 1. The molecule has 0 aromatic carbocycles. The summed E-state index contributed by atoms with van der Waals surface area (Å²) in [4.78, 5) is 28.8. The molecule has 1 saturated heterocycles. The van der Waals surface area contributed by atoms with Gasteiger partial charge in [0.25, 0.3) is 0 Å². The van der Waals surface area contributed by atoms with Crippen LogP contribution >= 0.6 is 27.3 Å². The first kappa shape index (κ1) is 16.3. The van der Waals surface area contributed by atoms with Gasteiger partial charge in [0.15, 0.2) is 0 Å². The van der Waals surface area contributed by atoms with E-state index < -0.39 is 11.5 Å². The van der Waals surface area contributed by atoms with Crippen LogP contribution in [0.3, 0.4) is 0 Å². The predicted octanol–water partition coefficient (Wildman–Crippen LogP) is 1.40. The van der Waals surface area contributed by atoms with Gasteiger partial charge in [0.1, 0.15) is 9.61 Å². The smallest absolute Gasteiger partial charge is 0.336 e. The molecule has 1 atom stereocenters. The lowest BCUT2D eigenvalue weighted by Gasteiger charge is -2.46. The minimum Gasteiger partial charge on any atom is -0.467 e. The minimum absolute atomic E-state index is 0.138. The molecule has 0 bridgehead atoms.